The average molecular weight is 293 g/mol. The standard InChI is InChI=1S/C14H19N3O4/c18-12-9-3-1-2-4-10(9)13(19)17(12)11(14(20)21)5-8-6-15-7-16-8/h8,11,15-16H,1-7H2,(H,20,21). The molecule has 2 unspecified atom stereocenters. The quantitative estimate of drug-likeness (QED) is 0.609. The van der Waals surface area contributed by atoms with Crippen LogP contribution in [0.1, 0.15) is 32.1 Å². The molecule has 1 aliphatic carbocycles. The number of nitrogens with zero attached hydrogens (tertiary/aromatic N) is 1. The van der Waals surface area contributed by atoms with Gasteiger partial charge in [-0.3, -0.25) is 14.5 Å². The molecule has 0 radical (unpaired) electrons. The van der Waals surface area contributed by atoms with E-state index in [1.165, 1.54) is 0 Å². The normalized spacial score (nSPS) is 27.2. The fourth-order valence-electron chi connectivity index (χ4n) is 3.33. The lowest BCUT2D eigenvalue weighted by Crippen LogP contribution is -2.49. The Morgan fingerprint density at radius 3 is 2.33 bits per heavy atom. The van der Waals surface area contributed by atoms with E-state index in [9.17, 15) is 19.5 Å². The molecule has 21 heavy (non-hydrogen) atoms. The van der Waals surface area contributed by atoms with Crippen molar-refractivity contribution in [3.8, 4) is 0 Å². The molecule has 1 fully saturated rings. The third kappa shape index (κ3) is 2.47. The summed E-state index contributed by atoms with van der Waals surface area (Å²) in [6, 6.07) is -1.13. The minimum Gasteiger partial charge on any atom is -0.480 e. The molecule has 0 aromatic carbocycles. The number of imide groups is 1. The first kappa shape index (κ1) is 14.2. The van der Waals surface area contributed by atoms with Crippen LogP contribution < -0.4 is 10.6 Å². The second-order valence-electron chi connectivity index (χ2n) is 5.77. The molecule has 2 heterocycles. The maximum atomic E-state index is 12.4. The van der Waals surface area contributed by atoms with Gasteiger partial charge in [0.2, 0.25) is 0 Å². The van der Waals surface area contributed by atoms with Gasteiger partial charge in [-0.05, 0) is 32.1 Å². The monoisotopic (exact) mass is 293 g/mol. The predicted octanol–water partition coefficient (Wildman–Crippen LogP) is -0.412. The Hall–Kier alpha value is -1.73. The summed E-state index contributed by atoms with van der Waals surface area (Å²) in [5.41, 5.74) is 1.07. The van der Waals surface area contributed by atoms with Gasteiger partial charge < -0.3 is 15.7 Å². The Kier molecular flexibility index (Phi) is 3.77. The predicted molar refractivity (Wildman–Crippen MR) is 73.2 cm³/mol. The van der Waals surface area contributed by atoms with E-state index in [-0.39, 0.29) is 12.5 Å². The molecular formula is C14H19N3O4. The number of carbonyl (C=O) groups excluding carboxylic acids is 2. The Labute approximate surface area is 122 Å². The van der Waals surface area contributed by atoms with Crippen LogP contribution in [0.2, 0.25) is 0 Å². The molecule has 2 amide bonds. The Balaban J connectivity index is 1.81. The number of rotatable bonds is 4. The third-order valence-electron chi connectivity index (χ3n) is 4.43. The van der Waals surface area contributed by atoms with E-state index in [2.05, 4.69) is 10.6 Å². The number of carbonyl (C=O) groups is 3. The molecule has 3 aliphatic rings. The number of aliphatic carboxylic acids is 1. The number of hydrogen-bond donors (Lipinski definition) is 3. The van der Waals surface area contributed by atoms with Crippen molar-refractivity contribution in [2.75, 3.05) is 13.2 Å². The van der Waals surface area contributed by atoms with Crippen molar-refractivity contribution in [3.63, 3.8) is 0 Å². The molecule has 0 saturated carbocycles. The minimum absolute atomic E-state index is 0.0377. The Bertz CT molecular complexity index is 494. The van der Waals surface area contributed by atoms with Crippen molar-refractivity contribution < 1.29 is 19.5 Å². The van der Waals surface area contributed by atoms with Gasteiger partial charge in [0.1, 0.15) is 6.04 Å². The first-order chi connectivity index (χ1) is 10.1. The van der Waals surface area contributed by atoms with Gasteiger partial charge in [-0.1, -0.05) is 0 Å². The van der Waals surface area contributed by atoms with Crippen molar-refractivity contribution >= 4 is 17.8 Å². The molecule has 0 spiro atoms. The molecule has 0 bridgehead atoms. The Morgan fingerprint density at radius 2 is 1.86 bits per heavy atom. The summed E-state index contributed by atoms with van der Waals surface area (Å²) in [4.78, 5) is 37.4. The summed E-state index contributed by atoms with van der Waals surface area (Å²) in [7, 11) is 0. The average Bonchev–Trinajstić information content (AvgIpc) is 3.06. The molecule has 3 N–H and O–H groups in total. The third-order valence-corrected chi connectivity index (χ3v) is 4.43. The molecular weight excluding hydrogens is 274 g/mol. The van der Waals surface area contributed by atoms with Gasteiger partial charge in [-0.2, -0.15) is 0 Å². The molecule has 7 heteroatoms. The second kappa shape index (κ2) is 5.57. The highest BCUT2D eigenvalue weighted by Crippen LogP contribution is 2.34. The SMILES string of the molecule is O=C(O)C(CC1CNCN1)N1C(=O)C2=C(CCCC2)C1=O. The smallest absolute Gasteiger partial charge is 0.327 e. The molecule has 7 nitrogen and oxygen atoms in total. The summed E-state index contributed by atoms with van der Waals surface area (Å²) < 4.78 is 0. The summed E-state index contributed by atoms with van der Waals surface area (Å²) in [6.07, 6.45) is 3.19. The molecule has 2 aliphatic heterocycles. The van der Waals surface area contributed by atoms with Crippen LogP contribution >= 0.6 is 0 Å². The molecule has 3 rings (SSSR count). The van der Waals surface area contributed by atoms with Gasteiger partial charge in [-0.25, -0.2) is 4.79 Å². The molecule has 1 saturated heterocycles. The highest BCUT2D eigenvalue weighted by atomic mass is 16.4. The van der Waals surface area contributed by atoms with Gasteiger partial charge in [0.25, 0.3) is 11.8 Å². The molecule has 0 aromatic heterocycles. The maximum absolute atomic E-state index is 12.4. The van der Waals surface area contributed by atoms with Gasteiger partial charge >= 0.3 is 5.97 Å². The van der Waals surface area contributed by atoms with Gasteiger partial charge in [0.05, 0.1) is 0 Å². The number of carboxylic acids is 1. The zero-order valence-electron chi connectivity index (χ0n) is 11.7. The second-order valence-corrected chi connectivity index (χ2v) is 5.77. The van der Waals surface area contributed by atoms with E-state index in [0.717, 1.165) is 17.7 Å². The van der Waals surface area contributed by atoms with E-state index < -0.39 is 23.8 Å². The number of amides is 2. The lowest BCUT2D eigenvalue weighted by molar-refractivity contribution is -0.154. The number of hydrogen-bond acceptors (Lipinski definition) is 5. The summed E-state index contributed by atoms with van der Waals surface area (Å²) in [6.45, 7) is 1.26. The highest BCUT2D eigenvalue weighted by molar-refractivity contribution is 6.20. The van der Waals surface area contributed by atoms with Crippen LogP contribution in [0, 0.1) is 0 Å². The summed E-state index contributed by atoms with van der Waals surface area (Å²) in [5.74, 6) is -1.91. The van der Waals surface area contributed by atoms with Gasteiger partial charge in [-0.15, -0.1) is 0 Å². The van der Waals surface area contributed by atoms with E-state index in [1.807, 2.05) is 0 Å². The lowest BCUT2D eigenvalue weighted by Gasteiger charge is -2.25. The first-order valence-electron chi connectivity index (χ1n) is 7.36. The number of carboxylic acid groups (broad SMARTS) is 1. The number of nitrogens with one attached hydrogen (secondary N) is 2. The fourth-order valence-corrected chi connectivity index (χ4v) is 3.33. The zero-order valence-corrected chi connectivity index (χ0v) is 11.7. The van der Waals surface area contributed by atoms with Crippen molar-refractivity contribution in [2.45, 2.75) is 44.2 Å². The van der Waals surface area contributed by atoms with Crippen LogP contribution in [0.5, 0.6) is 0 Å². The molecule has 2 atom stereocenters. The van der Waals surface area contributed by atoms with Crippen LogP contribution in [0.3, 0.4) is 0 Å². The van der Waals surface area contributed by atoms with Gasteiger partial charge in [0.15, 0.2) is 0 Å². The van der Waals surface area contributed by atoms with Crippen LogP contribution in [0.4, 0.5) is 0 Å². The van der Waals surface area contributed by atoms with Crippen LogP contribution in [0.15, 0.2) is 11.1 Å². The fraction of sp³-hybridized carbons (Fsp3) is 0.643. The highest BCUT2D eigenvalue weighted by Gasteiger charge is 2.45. The van der Waals surface area contributed by atoms with E-state index in [0.29, 0.717) is 37.2 Å². The van der Waals surface area contributed by atoms with Crippen LogP contribution in [-0.2, 0) is 14.4 Å². The van der Waals surface area contributed by atoms with E-state index in [1.54, 1.807) is 0 Å². The lowest BCUT2D eigenvalue weighted by atomic mass is 9.93. The van der Waals surface area contributed by atoms with Gasteiger partial charge in [0, 0.05) is 30.4 Å². The van der Waals surface area contributed by atoms with Crippen molar-refractivity contribution in [2.24, 2.45) is 0 Å². The van der Waals surface area contributed by atoms with Crippen LogP contribution in [-0.4, -0.2) is 53.1 Å². The molecule has 114 valence electrons. The largest absolute Gasteiger partial charge is 0.480 e. The van der Waals surface area contributed by atoms with E-state index in [4.69, 9.17) is 0 Å². The summed E-state index contributed by atoms with van der Waals surface area (Å²) >= 11 is 0. The Morgan fingerprint density at radius 1 is 1.24 bits per heavy atom. The van der Waals surface area contributed by atoms with Crippen molar-refractivity contribution in [3.05, 3.63) is 11.1 Å². The zero-order chi connectivity index (χ0) is 15.0. The van der Waals surface area contributed by atoms with Crippen LogP contribution in [0.25, 0.3) is 0 Å². The first-order valence-corrected chi connectivity index (χ1v) is 7.36. The summed E-state index contributed by atoms with van der Waals surface area (Å²) in [5, 5.41) is 15.6. The minimum atomic E-state index is -1.12. The van der Waals surface area contributed by atoms with Crippen molar-refractivity contribution in [1.29, 1.82) is 0 Å². The topological polar surface area (TPSA) is 98.7 Å². The molecule has 0 aromatic rings. The van der Waals surface area contributed by atoms with Crippen molar-refractivity contribution in [1.82, 2.24) is 15.5 Å². The van der Waals surface area contributed by atoms with E-state index >= 15 is 0 Å². The maximum Gasteiger partial charge on any atom is 0.327 e.